The minimum atomic E-state index is -4.87. The van der Waals surface area contributed by atoms with Crippen LogP contribution in [0.5, 0.6) is 11.5 Å². The van der Waals surface area contributed by atoms with E-state index in [1.165, 1.54) is 26.0 Å². The number of nitriles is 1. The molecule has 0 bridgehead atoms. The maximum atomic E-state index is 14.3. The molecule has 0 radical (unpaired) electrons. The number of halogens is 5. The van der Waals surface area contributed by atoms with Crippen LogP contribution >= 0.6 is 11.6 Å². The molecule has 1 fully saturated rings. The van der Waals surface area contributed by atoms with Crippen molar-refractivity contribution in [3.8, 4) is 17.6 Å². The first kappa shape index (κ1) is 23.6. The highest BCUT2D eigenvalue weighted by molar-refractivity contribution is 6.30. The Balaban J connectivity index is 2.07. The third-order valence-electron chi connectivity index (χ3n) is 6.02. The SMILES string of the molecule is CC1(C)C(C=C(Cl)C(F)(F)F)C1(C(=O)[O-])C(C#N)c1ccc(F)c(Oc2ccccc2)c1. The van der Waals surface area contributed by atoms with Gasteiger partial charge < -0.3 is 14.6 Å². The molecule has 9 heteroatoms. The summed E-state index contributed by atoms with van der Waals surface area (Å²) in [4.78, 5) is 12.2. The lowest BCUT2D eigenvalue weighted by Gasteiger charge is -2.27. The van der Waals surface area contributed by atoms with Gasteiger partial charge in [-0.05, 0) is 41.2 Å². The molecule has 0 aromatic heterocycles. The van der Waals surface area contributed by atoms with Gasteiger partial charge in [-0.2, -0.15) is 18.4 Å². The summed E-state index contributed by atoms with van der Waals surface area (Å²) in [6.07, 6.45) is -4.26. The standard InChI is InChI=1S/C23H18ClF4NO3/c1-21(2)18(11-19(24)23(26,27)28)22(21,20(30)31)15(12-29)13-8-9-16(25)17(10-13)32-14-6-4-3-5-7-14/h3-11,15,18H,1-2H3,(H,30,31)/p-1. The van der Waals surface area contributed by atoms with Crippen LogP contribution < -0.4 is 9.84 Å². The number of ether oxygens (including phenoxy) is 1. The van der Waals surface area contributed by atoms with E-state index in [2.05, 4.69) is 0 Å². The summed E-state index contributed by atoms with van der Waals surface area (Å²) in [5.74, 6) is -5.12. The van der Waals surface area contributed by atoms with Crippen LogP contribution in [0, 0.1) is 33.9 Å². The van der Waals surface area contributed by atoms with Crippen molar-refractivity contribution in [3.63, 3.8) is 0 Å². The Kier molecular flexibility index (Phi) is 6.00. The third-order valence-corrected chi connectivity index (χ3v) is 6.36. The molecule has 0 amide bonds. The van der Waals surface area contributed by atoms with Crippen LogP contribution in [0.4, 0.5) is 17.6 Å². The van der Waals surface area contributed by atoms with Crippen molar-refractivity contribution < 1.29 is 32.2 Å². The van der Waals surface area contributed by atoms with Gasteiger partial charge in [-0.3, -0.25) is 0 Å². The van der Waals surface area contributed by atoms with Crippen LogP contribution in [-0.2, 0) is 4.79 Å². The van der Waals surface area contributed by atoms with Crippen LogP contribution in [0.2, 0.25) is 0 Å². The van der Waals surface area contributed by atoms with Crippen LogP contribution in [0.3, 0.4) is 0 Å². The van der Waals surface area contributed by atoms with Gasteiger partial charge in [-0.25, -0.2) is 4.39 Å². The number of carbonyl (C=O) groups is 1. The summed E-state index contributed by atoms with van der Waals surface area (Å²) in [5.41, 5.74) is -3.25. The predicted octanol–water partition coefficient (Wildman–Crippen LogP) is 5.30. The molecular weight excluding hydrogens is 450 g/mol. The van der Waals surface area contributed by atoms with E-state index >= 15 is 0 Å². The first-order valence-electron chi connectivity index (χ1n) is 9.45. The van der Waals surface area contributed by atoms with E-state index in [1.54, 1.807) is 30.3 Å². The Labute approximate surface area is 186 Å². The number of hydrogen-bond donors (Lipinski definition) is 0. The number of carbonyl (C=O) groups excluding carboxylic acids is 1. The van der Waals surface area contributed by atoms with E-state index in [1.807, 2.05) is 6.07 Å². The summed E-state index contributed by atoms with van der Waals surface area (Å²) < 4.78 is 58.7. The zero-order chi connectivity index (χ0) is 23.9. The number of para-hydroxylation sites is 1. The maximum Gasteiger partial charge on any atom is 0.426 e. The Bertz CT molecular complexity index is 1110. The summed E-state index contributed by atoms with van der Waals surface area (Å²) in [6.45, 7) is 2.83. The topological polar surface area (TPSA) is 73.1 Å². The van der Waals surface area contributed by atoms with E-state index in [-0.39, 0.29) is 11.3 Å². The Morgan fingerprint density at radius 1 is 1.25 bits per heavy atom. The van der Waals surface area contributed by atoms with E-state index in [4.69, 9.17) is 16.3 Å². The van der Waals surface area contributed by atoms with E-state index < -0.39 is 45.7 Å². The van der Waals surface area contributed by atoms with Gasteiger partial charge in [0.1, 0.15) is 10.8 Å². The molecule has 3 rings (SSSR count). The lowest BCUT2D eigenvalue weighted by atomic mass is 9.78. The fourth-order valence-electron chi connectivity index (χ4n) is 4.31. The fraction of sp³-hybridized carbons (Fsp3) is 0.304. The largest absolute Gasteiger partial charge is 0.549 e. The van der Waals surface area contributed by atoms with E-state index in [0.29, 0.717) is 11.8 Å². The van der Waals surface area contributed by atoms with Gasteiger partial charge in [-0.15, -0.1) is 0 Å². The zero-order valence-electron chi connectivity index (χ0n) is 16.9. The number of nitrogens with zero attached hydrogens (tertiary/aromatic N) is 1. The number of allylic oxidation sites excluding steroid dienone is 2. The quantitative estimate of drug-likeness (QED) is 0.541. The predicted molar refractivity (Wildman–Crippen MR) is 106 cm³/mol. The minimum absolute atomic E-state index is 0.0659. The van der Waals surface area contributed by atoms with Crippen LogP contribution in [0.15, 0.2) is 59.6 Å². The highest BCUT2D eigenvalue weighted by atomic mass is 35.5. The van der Waals surface area contributed by atoms with Crippen molar-refractivity contribution in [3.05, 3.63) is 71.0 Å². The van der Waals surface area contributed by atoms with Gasteiger partial charge in [0.05, 0.1) is 18.0 Å². The van der Waals surface area contributed by atoms with Crippen molar-refractivity contribution in [2.75, 3.05) is 0 Å². The van der Waals surface area contributed by atoms with Crippen LogP contribution in [0.25, 0.3) is 0 Å². The summed E-state index contributed by atoms with van der Waals surface area (Å²) in [6, 6.07) is 13.4. The van der Waals surface area contributed by atoms with Crippen molar-refractivity contribution in [2.24, 2.45) is 16.7 Å². The lowest BCUT2D eigenvalue weighted by molar-refractivity contribution is -0.316. The molecule has 1 saturated carbocycles. The van der Waals surface area contributed by atoms with Gasteiger partial charge in [0, 0.05) is 5.41 Å². The molecule has 0 N–H and O–H groups in total. The molecule has 4 nitrogen and oxygen atoms in total. The molecule has 3 atom stereocenters. The molecule has 2 aromatic carbocycles. The Hall–Kier alpha value is -3.05. The highest BCUT2D eigenvalue weighted by Crippen LogP contribution is 2.75. The molecular formula is C23H17ClF4NO3-. The normalized spacial score (nSPS) is 23.2. The van der Waals surface area contributed by atoms with Crippen molar-refractivity contribution in [1.29, 1.82) is 5.26 Å². The first-order valence-corrected chi connectivity index (χ1v) is 9.83. The summed E-state index contributed by atoms with van der Waals surface area (Å²) in [7, 11) is 0. The first-order chi connectivity index (χ1) is 14.9. The molecule has 168 valence electrons. The Morgan fingerprint density at radius 2 is 1.88 bits per heavy atom. The van der Waals surface area contributed by atoms with E-state index in [0.717, 1.165) is 6.07 Å². The average molecular weight is 467 g/mol. The number of hydrogen-bond acceptors (Lipinski definition) is 4. The molecule has 0 heterocycles. The van der Waals surface area contributed by atoms with Crippen molar-refractivity contribution in [2.45, 2.75) is 25.9 Å². The van der Waals surface area contributed by atoms with Gasteiger partial charge in [-0.1, -0.05) is 55.8 Å². The third kappa shape index (κ3) is 3.82. The molecule has 0 spiro atoms. The second-order valence-electron chi connectivity index (χ2n) is 8.04. The number of benzene rings is 2. The number of alkyl halides is 3. The zero-order valence-corrected chi connectivity index (χ0v) is 17.7. The number of rotatable bonds is 6. The molecule has 0 saturated heterocycles. The second-order valence-corrected chi connectivity index (χ2v) is 8.44. The fourth-order valence-corrected chi connectivity index (χ4v) is 4.44. The molecule has 0 aliphatic heterocycles. The highest BCUT2D eigenvalue weighted by Gasteiger charge is 2.75. The van der Waals surface area contributed by atoms with Crippen molar-refractivity contribution in [1.82, 2.24) is 0 Å². The van der Waals surface area contributed by atoms with Gasteiger partial charge >= 0.3 is 6.18 Å². The van der Waals surface area contributed by atoms with Crippen LogP contribution in [0.1, 0.15) is 25.3 Å². The average Bonchev–Trinajstić information content (AvgIpc) is 3.20. The molecule has 1 aliphatic rings. The van der Waals surface area contributed by atoms with Gasteiger partial charge in [0.2, 0.25) is 0 Å². The number of carboxylic acids is 1. The number of carboxylic acid groups (broad SMARTS) is 1. The molecule has 2 aromatic rings. The molecule has 32 heavy (non-hydrogen) atoms. The van der Waals surface area contributed by atoms with Gasteiger partial charge in [0.15, 0.2) is 11.6 Å². The monoisotopic (exact) mass is 466 g/mol. The smallest absolute Gasteiger partial charge is 0.426 e. The molecule has 3 unspecified atom stereocenters. The van der Waals surface area contributed by atoms with E-state index in [9.17, 15) is 32.7 Å². The summed E-state index contributed by atoms with van der Waals surface area (Å²) >= 11 is 5.35. The van der Waals surface area contributed by atoms with Crippen LogP contribution in [-0.4, -0.2) is 12.1 Å². The number of aliphatic carboxylic acids is 1. The Morgan fingerprint density at radius 3 is 2.41 bits per heavy atom. The van der Waals surface area contributed by atoms with Gasteiger partial charge in [0.25, 0.3) is 0 Å². The van der Waals surface area contributed by atoms with Crippen molar-refractivity contribution >= 4 is 17.6 Å². The minimum Gasteiger partial charge on any atom is -0.549 e. The lowest BCUT2D eigenvalue weighted by Crippen LogP contribution is -2.40. The second kappa shape index (κ2) is 8.14. The maximum absolute atomic E-state index is 14.3. The summed E-state index contributed by atoms with van der Waals surface area (Å²) in [5, 5.41) is 20.6. The molecule has 1 aliphatic carbocycles.